The molecular weight excluding hydrogens is 252 g/mol. The second kappa shape index (κ2) is 8.60. The molecule has 20 heavy (non-hydrogen) atoms. The van der Waals surface area contributed by atoms with Gasteiger partial charge >= 0.3 is 0 Å². The van der Waals surface area contributed by atoms with E-state index in [1.54, 1.807) is 0 Å². The van der Waals surface area contributed by atoms with Crippen molar-refractivity contribution in [3.8, 4) is 0 Å². The Kier molecular flexibility index (Phi) is 6.76. The second-order valence-electron chi connectivity index (χ2n) is 6.03. The average Bonchev–Trinajstić information content (AvgIpc) is 2.69. The van der Waals surface area contributed by atoms with Gasteiger partial charge in [-0.15, -0.1) is 0 Å². The van der Waals surface area contributed by atoms with Crippen molar-refractivity contribution in [3.05, 3.63) is 0 Å². The number of carbonyl (C=O) groups is 1. The van der Waals surface area contributed by atoms with Crippen molar-refractivity contribution >= 4 is 5.91 Å². The molecule has 2 aliphatic heterocycles. The summed E-state index contributed by atoms with van der Waals surface area (Å²) in [7, 11) is 0. The molecule has 0 aromatic heterocycles. The molecule has 1 unspecified atom stereocenters. The van der Waals surface area contributed by atoms with Crippen LogP contribution in [0.15, 0.2) is 0 Å². The van der Waals surface area contributed by atoms with Crippen molar-refractivity contribution in [2.24, 2.45) is 5.73 Å². The first-order valence-corrected chi connectivity index (χ1v) is 8.25. The minimum atomic E-state index is 0.122. The lowest BCUT2D eigenvalue weighted by molar-refractivity contribution is -0.126. The molecule has 0 saturated carbocycles. The van der Waals surface area contributed by atoms with E-state index in [4.69, 9.17) is 5.73 Å². The molecule has 5 heteroatoms. The van der Waals surface area contributed by atoms with Gasteiger partial charge in [-0.25, -0.2) is 0 Å². The lowest BCUT2D eigenvalue weighted by atomic mass is 10.1. The van der Waals surface area contributed by atoms with E-state index in [0.29, 0.717) is 0 Å². The zero-order chi connectivity index (χ0) is 14.2. The zero-order valence-corrected chi connectivity index (χ0v) is 12.6. The minimum Gasteiger partial charge on any atom is -0.355 e. The van der Waals surface area contributed by atoms with Gasteiger partial charge in [-0.2, -0.15) is 0 Å². The van der Waals surface area contributed by atoms with Crippen molar-refractivity contribution in [1.82, 2.24) is 15.1 Å². The molecule has 2 aliphatic rings. The van der Waals surface area contributed by atoms with E-state index in [2.05, 4.69) is 15.1 Å². The first kappa shape index (κ1) is 15.7. The number of unbranched alkanes of at least 4 members (excludes halogenated alkanes) is 2. The Balaban J connectivity index is 1.69. The van der Waals surface area contributed by atoms with Crippen LogP contribution in [0.25, 0.3) is 0 Å². The van der Waals surface area contributed by atoms with Crippen molar-refractivity contribution in [2.45, 2.75) is 44.6 Å². The molecule has 1 amide bonds. The zero-order valence-electron chi connectivity index (χ0n) is 12.6. The predicted molar refractivity (Wildman–Crippen MR) is 81.6 cm³/mol. The summed E-state index contributed by atoms with van der Waals surface area (Å²) in [4.78, 5) is 17.0. The third-order valence-electron chi connectivity index (χ3n) is 4.53. The number of amides is 1. The highest BCUT2D eigenvalue weighted by atomic mass is 16.2. The quantitative estimate of drug-likeness (QED) is 0.692. The second-order valence-corrected chi connectivity index (χ2v) is 6.03. The number of hydrogen-bond donors (Lipinski definition) is 2. The van der Waals surface area contributed by atoms with Crippen LogP contribution in [-0.4, -0.2) is 67.6 Å². The molecule has 0 radical (unpaired) electrons. The van der Waals surface area contributed by atoms with E-state index in [9.17, 15) is 4.79 Å². The van der Waals surface area contributed by atoms with Gasteiger partial charge in [0.1, 0.15) is 0 Å². The average molecular weight is 282 g/mol. The number of carbonyl (C=O) groups excluding carboxylic acids is 1. The molecule has 2 rings (SSSR count). The molecule has 3 N–H and O–H groups in total. The Morgan fingerprint density at radius 2 is 1.90 bits per heavy atom. The fourth-order valence-corrected chi connectivity index (χ4v) is 3.23. The molecule has 2 heterocycles. The van der Waals surface area contributed by atoms with Gasteiger partial charge in [-0.1, -0.05) is 6.42 Å². The van der Waals surface area contributed by atoms with Gasteiger partial charge in [0.2, 0.25) is 5.91 Å². The molecule has 0 spiro atoms. The SMILES string of the molecule is NCCCCCN1CCN(C2CCCCNC2=O)CC1. The monoisotopic (exact) mass is 282 g/mol. The van der Waals surface area contributed by atoms with Crippen molar-refractivity contribution < 1.29 is 4.79 Å². The maximum atomic E-state index is 12.1. The molecule has 0 aliphatic carbocycles. The Bertz CT molecular complexity index is 290. The van der Waals surface area contributed by atoms with Gasteiger partial charge in [0.25, 0.3) is 0 Å². The van der Waals surface area contributed by atoms with E-state index in [0.717, 1.165) is 58.5 Å². The lowest BCUT2D eigenvalue weighted by Gasteiger charge is -2.38. The van der Waals surface area contributed by atoms with Crippen LogP contribution in [0.3, 0.4) is 0 Å². The van der Waals surface area contributed by atoms with Crippen LogP contribution in [0.5, 0.6) is 0 Å². The summed E-state index contributed by atoms with van der Waals surface area (Å²) in [6.45, 7) is 7.13. The molecule has 116 valence electrons. The normalized spacial score (nSPS) is 26.2. The van der Waals surface area contributed by atoms with Gasteiger partial charge in [0, 0.05) is 32.7 Å². The summed E-state index contributed by atoms with van der Waals surface area (Å²) in [5.74, 6) is 0.249. The molecule has 0 aromatic carbocycles. The van der Waals surface area contributed by atoms with Crippen LogP contribution in [-0.2, 0) is 4.79 Å². The Morgan fingerprint density at radius 3 is 2.65 bits per heavy atom. The summed E-state index contributed by atoms with van der Waals surface area (Å²) < 4.78 is 0. The first-order valence-electron chi connectivity index (χ1n) is 8.25. The highest BCUT2D eigenvalue weighted by molar-refractivity contribution is 5.81. The highest BCUT2D eigenvalue weighted by Gasteiger charge is 2.29. The van der Waals surface area contributed by atoms with Crippen LogP contribution < -0.4 is 11.1 Å². The number of nitrogens with two attached hydrogens (primary N) is 1. The van der Waals surface area contributed by atoms with Crippen LogP contribution in [0.2, 0.25) is 0 Å². The largest absolute Gasteiger partial charge is 0.355 e. The maximum absolute atomic E-state index is 12.1. The van der Waals surface area contributed by atoms with Crippen molar-refractivity contribution in [2.75, 3.05) is 45.8 Å². The standard InChI is InChI=1S/C15H30N4O/c16-7-3-1-5-9-18-10-12-19(13-11-18)14-6-2-4-8-17-15(14)20/h14H,1-13,16H2,(H,17,20). The number of nitrogens with one attached hydrogen (secondary N) is 1. The molecular formula is C15H30N4O. The van der Waals surface area contributed by atoms with Crippen LogP contribution in [0.1, 0.15) is 38.5 Å². The van der Waals surface area contributed by atoms with Crippen molar-refractivity contribution in [1.29, 1.82) is 0 Å². The van der Waals surface area contributed by atoms with E-state index in [-0.39, 0.29) is 11.9 Å². The fourth-order valence-electron chi connectivity index (χ4n) is 3.23. The maximum Gasteiger partial charge on any atom is 0.237 e. The van der Waals surface area contributed by atoms with Gasteiger partial charge in [0.05, 0.1) is 6.04 Å². The van der Waals surface area contributed by atoms with E-state index >= 15 is 0 Å². The molecule has 2 fully saturated rings. The predicted octanol–water partition coefficient (Wildman–Crippen LogP) is 0.402. The third kappa shape index (κ3) is 4.72. The van der Waals surface area contributed by atoms with Gasteiger partial charge in [-0.05, 0) is 45.2 Å². The van der Waals surface area contributed by atoms with Crippen LogP contribution >= 0.6 is 0 Å². The fraction of sp³-hybridized carbons (Fsp3) is 0.933. The summed E-state index contributed by atoms with van der Waals surface area (Å²) in [6, 6.07) is 0.122. The van der Waals surface area contributed by atoms with Gasteiger partial charge in [-0.3, -0.25) is 9.69 Å². The van der Waals surface area contributed by atoms with Crippen LogP contribution in [0.4, 0.5) is 0 Å². The van der Waals surface area contributed by atoms with E-state index in [1.165, 1.54) is 25.8 Å². The van der Waals surface area contributed by atoms with Gasteiger partial charge in [0.15, 0.2) is 0 Å². The minimum absolute atomic E-state index is 0.122. The molecule has 1 atom stereocenters. The first-order chi connectivity index (χ1) is 9.81. The number of hydrogen-bond acceptors (Lipinski definition) is 4. The van der Waals surface area contributed by atoms with E-state index in [1.807, 2.05) is 0 Å². The van der Waals surface area contributed by atoms with Gasteiger partial charge < -0.3 is 16.0 Å². The third-order valence-corrected chi connectivity index (χ3v) is 4.53. The van der Waals surface area contributed by atoms with Crippen LogP contribution in [0, 0.1) is 0 Å². The number of piperazine rings is 1. The lowest BCUT2D eigenvalue weighted by Crippen LogP contribution is -2.54. The van der Waals surface area contributed by atoms with E-state index < -0.39 is 0 Å². The topological polar surface area (TPSA) is 61.6 Å². The molecule has 5 nitrogen and oxygen atoms in total. The summed E-state index contributed by atoms with van der Waals surface area (Å²) in [6.07, 6.45) is 6.96. The Labute approximate surface area is 122 Å². The molecule has 0 bridgehead atoms. The summed E-state index contributed by atoms with van der Waals surface area (Å²) >= 11 is 0. The molecule has 0 aromatic rings. The number of nitrogens with zero attached hydrogens (tertiary/aromatic N) is 2. The molecule has 2 saturated heterocycles. The Morgan fingerprint density at radius 1 is 1.10 bits per heavy atom. The van der Waals surface area contributed by atoms with Crippen molar-refractivity contribution in [3.63, 3.8) is 0 Å². The smallest absolute Gasteiger partial charge is 0.237 e. The Hall–Kier alpha value is -0.650. The summed E-state index contributed by atoms with van der Waals surface area (Å²) in [5, 5.41) is 3.05. The highest BCUT2D eigenvalue weighted by Crippen LogP contribution is 2.15. The number of rotatable bonds is 6. The summed E-state index contributed by atoms with van der Waals surface area (Å²) in [5.41, 5.74) is 5.52.